The van der Waals surface area contributed by atoms with Gasteiger partial charge in [-0.25, -0.2) is 9.59 Å². The summed E-state index contributed by atoms with van der Waals surface area (Å²) in [5.41, 5.74) is -0.254. The molecule has 0 radical (unpaired) electrons. The summed E-state index contributed by atoms with van der Waals surface area (Å²) in [6.45, 7) is 9.18. The molecule has 0 saturated carbocycles. The quantitative estimate of drug-likeness (QED) is 0.710. The Morgan fingerprint density at radius 3 is 2.23 bits per heavy atom. The van der Waals surface area contributed by atoms with Crippen LogP contribution in [-0.4, -0.2) is 46.5 Å². The minimum atomic E-state index is -0.853. The molecular formula is C23H28N2O5. The summed E-state index contributed by atoms with van der Waals surface area (Å²) >= 11 is 0. The van der Waals surface area contributed by atoms with E-state index in [-0.39, 0.29) is 5.91 Å². The van der Waals surface area contributed by atoms with Crippen LogP contribution >= 0.6 is 0 Å². The van der Waals surface area contributed by atoms with Crippen LogP contribution in [0.25, 0.3) is 0 Å². The van der Waals surface area contributed by atoms with E-state index in [0.29, 0.717) is 5.57 Å². The number of likely N-dealkylation sites (tertiary alicyclic amines) is 1. The zero-order valence-electron chi connectivity index (χ0n) is 18.2. The van der Waals surface area contributed by atoms with E-state index < -0.39 is 35.2 Å². The van der Waals surface area contributed by atoms with Gasteiger partial charge < -0.3 is 14.4 Å². The van der Waals surface area contributed by atoms with Crippen LogP contribution in [0.5, 0.6) is 0 Å². The molecule has 7 heteroatoms. The minimum absolute atomic E-state index is 0.317. The van der Waals surface area contributed by atoms with Crippen LogP contribution in [0, 0.1) is 5.92 Å². The van der Waals surface area contributed by atoms with Gasteiger partial charge in [0.25, 0.3) is 5.91 Å². The number of hydrogen-bond donors (Lipinski definition) is 0. The van der Waals surface area contributed by atoms with Gasteiger partial charge in [0.15, 0.2) is 0 Å². The highest BCUT2D eigenvalue weighted by atomic mass is 16.6. The Hall–Kier alpha value is -3.09. The molecule has 2 atom stereocenters. The topological polar surface area (TPSA) is 76.2 Å². The third kappa shape index (κ3) is 3.84. The molecule has 0 spiro atoms. The molecule has 1 fully saturated rings. The number of methoxy groups -OCH3 is 1. The van der Waals surface area contributed by atoms with Crippen LogP contribution in [0.15, 0.2) is 54.4 Å². The first-order valence-corrected chi connectivity index (χ1v) is 9.86. The number of carbonyl (C=O) groups is 3. The van der Waals surface area contributed by atoms with Gasteiger partial charge in [-0.1, -0.05) is 36.4 Å². The molecule has 2 aliphatic rings. The van der Waals surface area contributed by atoms with E-state index in [1.807, 2.05) is 44.2 Å². The maximum atomic E-state index is 13.5. The minimum Gasteiger partial charge on any atom is -0.458 e. The lowest BCUT2D eigenvalue weighted by atomic mass is 9.89. The van der Waals surface area contributed by atoms with Gasteiger partial charge in [-0.3, -0.25) is 9.69 Å². The van der Waals surface area contributed by atoms with E-state index in [2.05, 4.69) is 0 Å². The fourth-order valence-corrected chi connectivity index (χ4v) is 3.89. The number of hydrogen-bond acceptors (Lipinski definition) is 5. The molecule has 1 saturated heterocycles. The van der Waals surface area contributed by atoms with E-state index in [0.717, 1.165) is 5.56 Å². The molecule has 0 aliphatic carbocycles. The van der Waals surface area contributed by atoms with Crippen LogP contribution < -0.4 is 0 Å². The number of carbonyl (C=O) groups excluding carboxylic acids is 3. The maximum Gasteiger partial charge on any atom is 0.417 e. The summed E-state index contributed by atoms with van der Waals surface area (Å²) in [6, 6.07) is 8.68. The van der Waals surface area contributed by atoms with Crippen molar-refractivity contribution in [3.05, 3.63) is 59.9 Å². The van der Waals surface area contributed by atoms with Crippen molar-refractivity contribution in [2.24, 2.45) is 5.92 Å². The number of nitrogens with zero attached hydrogens (tertiary/aromatic N) is 2. The van der Waals surface area contributed by atoms with Gasteiger partial charge in [0, 0.05) is 23.9 Å². The first-order valence-electron chi connectivity index (χ1n) is 9.86. The molecule has 0 N–H and O–H groups in total. The van der Waals surface area contributed by atoms with Gasteiger partial charge in [0.05, 0.1) is 12.6 Å². The van der Waals surface area contributed by atoms with Crippen molar-refractivity contribution in [3.8, 4) is 0 Å². The van der Waals surface area contributed by atoms with Crippen molar-refractivity contribution in [1.29, 1.82) is 0 Å². The Morgan fingerprint density at radius 1 is 1.03 bits per heavy atom. The monoisotopic (exact) mass is 412 g/mol. The Morgan fingerprint density at radius 2 is 1.67 bits per heavy atom. The van der Waals surface area contributed by atoms with Gasteiger partial charge in [0.1, 0.15) is 11.6 Å². The highest BCUT2D eigenvalue weighted by Gasteiger charge is 2.54. The summed E-state index contributed by atoms with van der Waals surface area (Å²) in [7, 11) is 1.27. The Kier molecular flexibility index (Phi) is 5.50. The Bertz CT molecular complexity index is 911. The SMILES string of the molecule is COC(=O)N1C=C[C@H]2C(=C1)C(=O)N(C(C)(C)c1ccccc1)[C@H]2C(=O)OC(C)(C)C. The van der Waals surface area contributed by atoms with Crippen LogP contribution in [0.3, 0.4) is 0 Å². The molecule has 0 unspecified atom stereocenters. The van der Waals surface area contributed by atoms with Gasteiger partial charge in [-0.15, -0.1) is 0 Å². The Balaban J connectivity index is 2.09. The number of ether oxygens (including phenoxy) is 2. The molecule has 30 heavy (non-hydrogen) atoms. The summed E-state index contributed by atoms with van der Waals surface area (Å²) in [5, 5.41) is 0. The van der Waals surface area contributed by atoms with Gasteiger partial charge in [-0.2, -0.15) is 0 Å². The zero-order valence-corrected chi connectivity index (χ0v) is 18.2. The van der Waals surface area contributed by atoms with Crippen molar-refractivity contribution < 1.29 is 23.9 Å². The molecule has 2 heterocycles. The third-order valence-corrected chi connectivity index (χ3v) is 5.29. The number of benzene rings is 1. The number of esters is 1. The first kappa shape index (κ1) is 21.6. The van der Waals surface area contributed by atoms with Crippen molar-refractivity contribution in [1.82, 2.24) is 9.80 Å². The first-order chi connectivity index (χ1) is 14.0. The molecule has 2 aliphatic heterocycles. The number of rotatable bonds is 3. The normalized spacial score (nSPS) is 21.3. The second kappa shape index (κ2) is 7.63. The fraction of sp³-hybridized carbons (Fsp3) is 0.435. The lowest BCUT2D eigenvalue weighted by molar-refractivity contribution is -0.166. The molecule has 7 nitrogen and oxygen atoms in total. The standard InChI is InChI=1S/C23H28N2O5/c1-22(2,3)30-20(27)18-16-12-13-24(21(28)29-6)14-17(16)19(26)25(18)23(4,5)15-10-8-7-9-11-15/h7-14,16,18H,1-6H3/t16-,18+/m0/s1. The Labute approximate surface area is 176 Å². The lowest BCUT2D eigenvalue weighted by Gasteiger charge is -2.40. The highest BCUT2D eigenvalue weighted by molar-refractivity contribution is 6.03. The fourth-order valence-electron chi connectivity index (χ4n) is 3.89. The molecule has 0 bridgehead atoms. The maximum absolute atomic E-state index is 13.5. The number of amides is 2. The van der Waals surface area contributed by atoms with E-state index in [1.54, 1.807) is 31.7 Å². The van der Waals surface area contributed by atoms with Crippen molar-refractivity contribution >= 4 is 18.0 Å². The molecule has 3 rings (SSSR count). The molecule has 160 valence electrons. The zero-order chi connectivity index (χ0) is 22.3. The van der Waals surface area contributed by atoms with Crippen molar-refractivity contribution in [3.63, 3.8) is 0 Å². The lowest BCUT2D eigenvalue weighted by Crippen LogP contribution is -2.52. The molecular weight excluding hydrogens is 384 g/mol. The largest absolute Gasteiger partial charge is 0.458 e. The predicted molar refractivity (Wildman–Crippen MR) is 111 cm³/mol. The molecule has 2 amide bonds. The van der Waals surface area contributed by atoms with Crippen molar-refractivity contribution in [2.75, 3.05) is 7.11 Å². The predicted octanol–water partition coefficient (Wildman–Crippen LogP) is 3.57. The van der Waals surface area contributed by atoms with E-state index in [9.17, 15) is 14.4 Å². The molecule has 1 aromatic rings. The average Bonchev–Trinajstić information content (AvgIpc) is 2.99. The second-order valence-electron chi connectivity index (χ2n) is 8.91. The van der Waals surface area contributed by atoms with Crippen LogP contribution in [-0.2, 0) is 24.6 Å². The summed E-state index contributed by atoms with van der Waals surface area (Å²) in [4.78, 5) is 41.5. The molecule has 1 aromatic carbocycles. The third-order valence-electron chi connectivity index (χ3n) is 5.29. The highest BCUT2D eigenvalue weighted by Crippen LogP contribution is 2.43. The summed E-state index contributed by atoms with van der Waals surface area (Å²) in [6.07, 6.45) is 4.03. The van der Waals surface area contributed by atoms with Crippen molar-refractivity contribution in [2.45, 2.75) is 51.8 Å². The van der Waals surface area contributed by atoms with E-state index in [4.69, 9.17) is 9.47 Å². The van der Waals surface area contributed by atoms with Gasteiger partial charge in [0.2, 0.25) is 0 Å². The number of fused-ring (bicyclic) bond motifs is 1. The smallest absolute Gasteiger partial charge is 0.417 e. The molecule has 0 aromatic heterocycles. The van der Waals surface area contributed by atoms with Crippen LogP contribution in [0.1, 0.15) is 40.2 Å². The second-order valence-corrected chi connectivity index (χ2v) is 8.91. The van der Waals surface area contributed by atoms with Gasteiger partial charge >= 0.3 is 12.1 Å². The van der Waals surface area contributed by atoms with E-state index >= 15 is 0 Å². The van der Waals surface area contributed by atoms with Crippen LogP contribution in [0.2, 0.25) is 0 Å². The summed E-state index contributed by atoms with van der Waals surface area (Å²) in [5.74, 6) is -1.33. The van der Waals surface area contributed by atoms with Gasteiger partial charge in [-0.05, 0) is 40.2 Å². The summed E-state index contributed by atoms with van der Waals surface area (Å²) < 4.78 is 10.4. The average molecular weight is 412 g/mol. The van der Waals surface area contributed by atoms with Crippen LogP contribution in [0.4, 0.5) is 4.79 Å². The van der Waals surface area contributed by atoms with E-state index in [1.165, 1.54) is 24.4 Å².